The fourth-order valence-corrected chi connectivity index (χ4v) is 5.25. The Kier molecular flexibility index (Phi) is 32.7. The summed E-state index contributed by atoms with van der Waals surface area (Å²) in [6.45, 7) is 4.48. The number of rotatable bonds is 34. The lowest BCUT2D eigenvalue weighted by Crippen LogP contribution is -2.50. The fraction of sp³-hybridized carbons (Fsp3) is 0.659. The molecule has 0 aliphatic carbocycles. The average Bonchev–Trinajstić information content (AvgIpc) is 3.09. The topological polar surface area (TPSA) is 99.1 Å². The van der Waals surface area contributed by atoms with Crippen LogP contribution >= 0.6 is 0 Å². The molecule has 0 saturated heterocycles. The zero-order valence-corrected chi connectivity index (χ0v) is 33.5. The highest BCUT2D eigenvalue weighted by Crippen LogP contribution is 2.11. The number of quaternary nitrogens is 1. The smallest absolute Gasteiger partial charge is 0.362 e. The summed E-state index contributed by atoms with van der Waals surface area (Å²) in [6, 6.07) is -0.625. The second kappa shape index (κ2) is 34.8. The predicted octanol–water partition coefficient (Wildman–Crippen LogP) is 10.4. The zero-order chi connectivity index (χ0) is 38.5. The van der Waals surface area contributed by atoms with Gasteiger partial charge >= 0.3 is 17.9 Å². The molecule has 2 atom stereocenters. The number of likely N-dealkylation sites (N-methyl/N-ethyl adjacent to an activating group) is 1. The quantitative estimate of drug-likeness (QED) is 0.0305. The molecule has 8 heteroatoms. The monoisotopic (exact) mass is 729 g/mol. The van der Waals surface area contributed by atoms with Crippen molar-refractivity contribution in [3.8, 4) is 0 Å². The van der Waals surface area contributed by atoms with Crippen LogP contribution < -0.4 is 0 Å². The van der Waals surface area contributed by atoms with Gasteiger partial charge in [0.2, 0.25) is 0 Å². The minimum Gasteiger partial charge on any atom is -0.477 e. The maximum absolute atomic E-state index is 12.7. The lowest BCUT2D eigenvalue weighted by atomic mass is 10.1. The Labute approximate surface area is 317 Å². The maximum Gasteiger partial charge on any atom is 0.362 e. The highest BCUT2D eigenvalue weighted by Gasteiger charge is 2.31. The molecule has 0 aliphatic heterocycles. The van der Waals surface area contributed by atoms with E-state index in [9.17, 15) is 19.5 Å². The number of unbranched alkanes of at least 4 members (excludes halogenated alkanes) is 8. The van der Waals surface area contributed by atoms with Crippen molar-refractivity contribution in [1.82, 2.24) is 0 Å². The summed E-state index contributed by atoms with van der Waals surface area (Å²) in [5, 5.41) is 9.58. The van der Waals surface area contributed by atoms with Crippen LogP contribution in [0.1, 0.15) is 136 Å². The first-order valence-electron chi connectivity index (χ1n) is 20.0. The molecule has 0 bridgehead atoms. The molecule has 0 aromatic rings. The molecule has 0 amide bonds. The SMILES string of the molecule is CC/C=C/C/C=C/C/C=C/C/C=C/C/C=C/CCCCCCC(=O)OC(COCCC(C(=O)O)[N+](C)(C)C)COC(=O)CC/C=C/CCCCCC. The van der Waals surface area contributed by atoms with E-state index in [0.29, 0.717) is 12.8 Å². The highest BCUT2D eigenvalue weighted by molar-refractivity contribution is 5.72. The van der Waals surface area contributed by atoms with Gasteiger partial charge in [-0.15, -0.1) is 0 Å². The van der Waals surface area contributed by atoms with E-state index in [4.69, 9.17) is 14.2 Å². The molecular weight excluding hydrogens is 654 g/mol. The van der Waals surface area contributed by atoms with Crippen molar-refractivity contribution in [2.24, 2.45) is 0 Å². The Bertz CT molecular complexity index is 1080. The van der Waals surface area contributed by atoms with Crippen LogP contribution in [-0.4, -0.2) is 80.6 Å². The van der Waals surface area contributed by atoms with Crippen molar-refractivity contribution >= 4 is 17.9 Å². The van der Waals surface area contributed by atoms with Crippen LogP contribution in [0.3, 0.4) is 0 Å². The van der Waals surface area contributed by atoms with Crippen LogP contribution in [0.5, 0.6) is 0 Å². The van der Waals surface area contributed by atoms with Crippen molar-refractivity contribution in [2.45, 2.75) is 148 Å². The Hall–Kier alpha value is -3.23. The number of ether oxygens (including phenoxy) is 3. The molecular formula is C44H74NO7+. The van der Waals surface area contributed by atoms with E-state index in [-0.39, 0.29) is 49.1 Å². The minimum atomic E-state index is -0.888. The van der Waals surface area contributed by atoms with Crippen molar-refractivity contribution in [2.75, 3.05) is 41.0 Å². The molecule has 0 spiro atoms. The van der Waals surface area contributed by atoms with E-state index in [1.165, 1.54) is 19.3 Å². The van der Waals surface area contributed by atoms with Gasteiger partial charge in [0.25, 0.3) is 0 Å². The minimum absolute atomic E-state index is 0.0351. The normalized spacial score (nSPS) is 13.8. The van der Waals surface area contributed by atoms with Crippen LogP contribution in [0.25, 0.3) is 0 Å². The van der Waals surface area contributed by atoms with Crippen molar-refractivity contribution < 1.29 is 38.2 Å². The number of aliphatic carboxylic acids is 1. The third-order valence-corrected chi connectivity index (χ3v) is 8.35. The lowest BCUT2D eigenvalue weighted by molar-refractivity contribution is -0.887. The molecule has 1 N–H and O–H groups in total. The van der Waals surface area contributed by atoms with Crippen molar-refractivity contribution in [1.29, 1.82) is 0 Å². The number of esters is 2. The predicted molar refractivity (Wildman–Crippen MR) is 215 cm³/mol. The first kappa shape index (κ1) is 48.8. The molecule has 0 radical (unpaired) electrons. The molecule has 0 rings (SSSR count). The lowest BCUT2D eigenvalue weighted by Gasteiger charge is -2.31. The number of carbonyl (C=O) groups is 3. The molecule has 0 aromatic heterocycles. The Morgan fingerprint density at radius 3 is 1.67 bits per heavy atom. The van der Waals surface area contributed by atoms with Crippen LogP contribution in [0.15, 0.2) is 72.9 Å². The van der Waals surface area contributed by atoms with Crippen molar-refractivity contribution in [3.63, 3.8) is 0 Å². The van der Waals surface area contributed by atoms with Crippen LogP contribution in [-0.2, 0) is 28.6 Å². The summed E-state index contributed by atoms with van der Waals surface area (Å²) in [5.41, 5.74) is 0. The highest BCUT2D eigenvalue weighted by atomic mass is 16.6. The van der Waals surface area contributed by atoms with Gasteiger partial charge < -0.3 is 23.8 Å². The standard InChI is InChI=1S/C44H73NO7/c1-6-8-10-12-14-16-17-18-19-20-21-22-23-24-25-26-27-29-31-33-35-43(47)52-40(38-50-37-36-41(44(48)49)45(3,4)5)39-51-42(46)34-32-30-28-15-13-11-9-7-2/h8,10,14,16,18-19,21-22,24-25,28,30,40-41H,6-7,9,11-13,15,17,20,23,26-27,29,31-39H2,1-5H3/p+1/b10-8+,16-14+,19-18+,22-21+,25-24+,30-28+. The molecule has 8 nitrogen and oxygen atoms in total. The molecule has 52 heavy (non-hydrogen) atoms. The van der Waals surface area contributed by atoms with Gasteiger partial charge in [-0.1, -0.05) is 119 Å². The second-order valence-corrected chi connectivity index (χ2v) is 14.1. The molecule has 0 fully saturated rings. The van der Waals surface area contributed by atoms with Crippen LogP contribution in [0.4, 0.5) is 0 Å². The Morgan fingerprint density at radius 1 is 0.596 bits per heavy atom. The van der Waals surface area contributed by atoms with E-state index in [1.807, 2.05) is 27.2 Å². The van der Waals surface area contributed by atoms with E-state index in [0.717, 1.165) is 77.0 Å². The Balaban J connectivity index is 4.43. The van der Waals surface area contributed by atoms with E-state index in [2.05, 4.69) is 80.7 Å². The number of carboxylic acids is 1. The van der Waals surface area contributed by atoms with Gasteiger partial charge in [0.05, 0.1) is 34.4 Å². The maximum atomic E-state index is 12.7. The summed E-state index contributed by atoms with van der Waals surface area (Å²) >= 11 is 0. The number of carbonyl (C=O) groups excluding carboxylic acids is 2. The summed E-state index contributed by atoms with van der Waals surface area (Å²) in [7, 11) is 5.49. The van der Waals surface area contributed by atoms with Gasteiger partial charge in [-0.05, 0) is 70.6 Å². The number of nitrogens with zero attached hydrogens (tertiary/aromatic N) is 1. The fourth-order valence-electron chi connectivity index (χ4n) is 5.25. The van der Waals surface area contributed by atoms with Gasteiger partial charge in [0.15, 0.2) is 12.1 Å². The number of allylic oxidation sites excluding steroid dienone is 12. The third kappa shape index (κ3) is 32.7. The largest absolute Gasteiger partial charge is 0.477 e. The van der Waals surface area contributed by atoms with E-state index >= 15 is 0 Å². The molecule has 296 valence electrons. The zero-order valence-electron chi connectivity index (χ0n) is 33.5. The summed E-state index contributed by atoms with van der Waals surface area (Å²) in [5.74, 6) is -1.58. The molecule has 2 unspecified atom stereocenters. The first-order valence-corrected chi connectivity index (χ1v) is 20.0. The van der Waals surface area contributed by atoms with Gasteiger partial charge in [-0.2, -0.15) is 0 Å². The number of hydrogen-bond donors (Lipinski definition) is 1. The Morgan fingerprint density at radius 2 is 1.12 bits per heavy atom. The van der Waals surface area contributed by atoms with E-state index in [1.54, 1.807) is 0 Å². The van der Waals surface area contributed by atoms with Gasteiger partial charge in [-0.3, -0.25) is 9.59 Å². The summed E-state index contributed by atoms with van der Waals surface area (Å²) in [6.07, 6.45) is 42.5. The van der Waals surface area contributed by atoms with Crippen LogP contribution in [0, 0.1) is 0 Å². The average molecular weight is 729 g/mol. The van der Waals surface area contributed by atoms with Gasteiger partial charge in [0, 0.05) is 19.3 Å². The van der Waals surface area contributed by atoms with Crippen LogP contribution in [0.2, 0.25) is 0 Å². The molecule has 0 saturated carbocycles. The molecule has 0 aliphatic rings. The number of carboxylic acid groups (broad SMARTS) is 1. The third-order valence-electron chi connectivity index (χ3n) is 8.35. The molecule has 0 aromatic carbocycles. The van der Waals surface area contributed by atoms with E-state index < -0.39 is 18.1 Å². The summed E-state index contributed by atoms with van der Waals surface area (Å²) < 4.78 is 17.1. The van der Waals surface area contributed by atoms with Crippen molar-refractivity contribution in [3.05, 3.63) is 72.9 Å². The molecule has 0 heterocycles. The van der Waals surface area contributed by atoms with Gasteiger partial charge in [0.1, 0.15) is 6.61 Å². The number of hydrogen-bond acceptors (Lipinski definition) is 6. The van der Waals surface area contributed by atoms with Gasteiger partial charge in [-0.25, -0.2) is 4.79 Å². The summed E-state index contributed by atoms with van der Waals surface area (Å²) in [4.78, 5) is 36.7. The second-order valence-electron chi connectivity index (χ2n) is 14.1. The first-order chi connectivity index (χ1) is 25.1.